The molecule has 1 heterocycles. The average molecular weight is 574 g/mol. The first-order valence-corrected chi connectivity index (χ1v) is 15.7. The lowest BCUT2D eigenvalue weighted by molar-refractivity contribution is -0.118. The van der Waals surface area contributed by atoms with Crippen molar-refractivity contribution < 1.29 is 19.1 Å². The van der Waals surface area contributed by atoms with E-state index in [2.05, 4.69) is 16.0 Å². The van der Waals surface area contributed by atoms with Gasteiger partial charge >= 0.3 is 5.97 Å². The molecule has 0 spiro atoms. The number of nitrogens with two attached hydrogens (primary N) is 1. The zero-order valence-electron chi connectivity index (χ0n) is 25.6. The normalized spacial score (nSPS) is 13.9. The van der Waals surface area contributed by atoms with Crippen molar-refractivity contribution in [2.24, 2.45) is 5.73 Å². The van der Waals surface area contributed by atoms with Crippen molar-refractivity contribution in [3.8, 4) is 17.0 Å². The summed E-state index contributed by atoms with van der Waals surface area (Å²) in [5, 5.41) is 0.961. The van der Waals surface area contributed by atoms with Crippen molar-refractivity contribution in [2.45, 2.75) is 116 Å². The van der Waals surface area contributed by atoms with Gasteiger partial charge in [-0.1, -0.05) is 57.4 Å². The van der Waals surface area contributed by atoms with Crippen LogP contribution in [0.5, 0.6) is 5.75 Å². The minimum Gasteiger partial charge on any atom is -0.494 e. The van der Waals surface area contributed by atoms with Crippen LogP contribution in [0, 0.1) is 0 Å². The first kappa shape index (κ1) is 31.5. The van der Waals surface area contributed by atoms with Crippen molar-refractivity contribution in [3.05, 3.63) is 53.9 Å². The number of nitrogens with zero attached hydrogens (tertiary/aromatic N) is 2. The number of amides is 1. The second-order valence-electron chi connectivity index (χ2n) is 12.6. The average Bonchev–Trinajstić information content (AvgIpc) is 3.49. The van der Waals surface area contributed by atoms with Crippen LogP contribution >= 0.6 is 0 Å². The van der Waals surface area contributed by atoms with E-state index in [0.717, 1.165) is 72.0 Å². The lowest BCUT2D eigenvalue weighted by Crippen LogP contribution is -2.24. The largest absolute Gasteiger partial charge is 0.494 e. The Labute approximate surface area is 250 Å². The fraction of sp³-hybridized carbons (Fsp3) is 0.543. The number of aromatic nitrogens is 2. The zero-order valence-corrected chi connectivity index (χ0v) is 25.6. The predicted octanol–water partition coefficient (Wildman–Crippen LogP) is 8.28. The number of carbonyl (C=O) groups excluding carboxylic acids is 2. The summed E-state index contributed by atoms with van der Waals surface area (Å²) in [7, 11) is 0. The molecule has 1 amide bonds. The molecule has 226 valence electrons. The van der Waals surface area contributed by atoms with E-state index in [4.69, 9.17) is 15.2 Å². The van der Waals surface area contributed by atoms with Gasteiger partial charge in [-0.25, -0.2) is 14.8 Å². The molecule has 1 aromatic heterocycles. The van der Waals surface area contributed by atoms with Crippen LogP contribution in [0.3, 0.4) is 0 Å². The van der Waals surface area contributed by atoms with Crippen molar-refractivity contribution in [1.29, 1.82) is 0 Å². The molecule has 1 aliphatic rings. The smallest absolute Gasteiger partial charge is 0.338 e. The van der Waals surface area contributed by atoms with E-state index in [1.165, 1.54) is 38.5 Å². The summed E-state index contributed by atoms with van der Waals surface area (Å²) in [4.78, 5) is 33.1. The van der Waals surface area contributed by atoms with E-state index in [-0.39, 0.29) is 11.9 Å². The fourth-order valence-electron chi connectivity index (χ4n) is 5.81. The second-order valence-corrected chi connectivity index (χ2v) is 12.6. The fourth-order valence-corrected chi connectivity index (χ4v) is 5.81. The van der Waals surface area contributed by atoms with Gasteiger partial charge < -0.3 is 15.2 Å². The Morgan fingerprint density at radius 3 is 2.26 bits per heavy atom. The topological polar surface area (TPSA) is 104 Å². The number of hydrogen-bond acceptors (Lipinski definition) is 6. The Hall–Kier alpha value is -3.48. The molecule has 0 aliphatic heterocycles. The lowest BCUT2D eigenvalue weighted by atomic mass is 9.90. The molecule has 3 aromatic rings. The molecular formula is C35H47N3O4. The van der Waals surface area contributed by atoms with Gasteiger partial charge in [-0.3, -0.25) is 4.79 Å². The maximum Gasteiger partial charge on any atom is 0.338 e. The number of ether oxygens (including phenoxy) is 2. The van der Waals surface area contributed by atoms with Crippen LogP contribution in [0.15, 0.2) is 42.7 Å². The lowest BCUT2D eigenvalue weighted by Gasteiger charge is -2.22. The first-order chi connectivity index (χ1) is 20.2. The van der Waals surface area contributed by atoms with Crippen LogP contribution in [-0.2, 0) is 9.53 Å². The first-order valence-electron chi connectivity index (χ1n) is 15.7. The minimum absolute atomic E-state index is 0.200. The van der Waals surface area contributed by atoms with E-state index in [9.17, 15) is 9.59 Å². The number of fused-ring (bicyclic) bond motifs is 1. The van der Waals surface area contributed by atoms with Crippen LogP contribution < -0.4 is 10.5 Å². The highest BCUT2D eigenvalue weighted by Gasteiger charge is 2.26. The summed E-state index contributed by atoms with van der Waals surface area (Å²) in [6, 6.07) is 12.0. The maximum absolute atomic E-state index is 13.1. The highest BCUT2D eigenvalue weighted by Crippen LogP contribution is 2.39. The van der Waals surface area contributed by atoms with E-state index >= 15 is 0 Å². The maximum atomic E-state index is 13.1. The number of hydrogen-bond donors (Lipinski definition) is 1. The quantitative estimate of drug-likeness (QED) is 0.145. The van der Waals surface area contributed by atoms with Crippen LogP contribution in [0.1, 0.15) is 126 Å². The summed E-state index contributed by atoms with van der Waals surface area (Å²) < 4.78 is 11.8. The van der Waals surface area contributed by atoms with E-state index in [1.54, 1.807) is 6.33 Å². The van der Waals surface area contributed by atoms with Gasteiger partial charge in [0.15, 0.2) is 0 Å². The third-order valence-corrected chi connectivity index (χ3v) is 7.93. The Balaban J connectivity index is 1.37. The summed E-state index contributed by atoms with van der Waals surface area (Å²) >= 11 is 0. The molecule has 7 nitrogen and oxygen atoms in total. The molecule has 0 unspecified atom stereocenters. The van der Waals surface area contributed by atoms with E-state index in [0.29, 0.717) is 24.5 Å². The third kappa shape index (κ3) is 9.27. The molecule has 0 radical (unpaired) electrons. The Kier molecular flexibility index (Phi) is 11.3. The number of primary amides is 1. The van der Waals surface area contributed by atoms with Gasteiger partial charge in [-0.05, 0) is 82.2 Å². The van der Waals surface area contributed by atoms with Crippen LogP contribution in [0.2, 0.25) is 0 Å². The molecule has 2 N–H and O–H groups in total. The highest BCUT2D eigenvalue weighted by atomic mass is 16.6. The molecule has 1 aliphatic carbocycles. The third-order valence-electron chi connectivity index (χ3n) is 7.93. The van der Waals surface area contributed by atoms with Crippen LogP contribution in [0.25, 0.3) is 22.2 Å². The SMILES string of the molecule is CC(C)(C)OC(=O)c1ccc(-c2ncnc3cc(OCCCCCCCCCCC(N)=O)ccc23)cc1C1CCCC1. The van der Waals surface area contributed by atoms with Crippen molar-refractivity contribution in [3.63, 3.8) is 0 Å². The van der Waals surface area contributed by atoms with Crippen molar-refractivity contribution in [2.75, 3.05) is 6.61 Å². The number of unbranched alkanes of at least 4 members (excludes halogenated alkanes) is 7. The van der Waals surface area contributed by atoms with Gasteiger partial charge in [0.05, 0.1) is 23.4 Å². The Morgan fingerprint density at radius 2 is 1.57 bits per heavy atom. The molecule has 0 saturated heterocycles. The highest BCUT2D eigenvalue weighted by molar-refractivity contribution is 5.95. The summed E-state index contributed by atoms with van der Waals surface area (Å²) in [6.45, 7) is 6.39. The zero-order chi connectivity index (χ0) is 30.0. The van der Waals surface area contributed by atoms with Crippen LogP contribution in [0.4, 0.5) is 0 Å². The van der Waals surface area contributed by atoms with Crippen LogP contribution in [-0.4, -0.2) is 34.1 Å². The van der Waals surface area contributed by atoms with Gasteiger partial charge in [0.2, 0.25) is 5.91 Å². The number of esters is 1. The molecule has 4 rings (SSSR count). The summed E-state index contributed by atoms with van der Waals surface area (Å²) in [5.74, 6) is 0.707. The Bertz CT molecular complexity index is 1340. The summed E-state index contributed by atoms with van der Waals surface area (Å²) in [5.41, 5.74) is 9.05. The Morgan fingerprint density at radius 1 is 0.881 bits per heavy atom. The number of benzene rings is 2. The molecule has 2 aromatic carbocycles. The molecule has 0 bridgehead atoms. The van der Waals surface area contributed by atoms with E-state index < -0.39 is 5.60 Å². The molecule has 0 atom stereocenters. The van der Waals surface area contributed by atoms with Gasteiger partial charge in [0, 0.05) is 23.4 Å². The van der Waals surface area contributed by atoms with Gasteiger partial charge in [-0.15, -0.1) is 0 Å². The molecule has 42 heavy (non-hydrogen) atoms. The van der Waals surface area contributed by atoms with Crippen molar-refractivity contribution >= 4 is 22.8 Å². The second kappa shape index (κ2) is 15.1. The standard InChI is InChI=1S/C35H47N3O4/c1-35(2,3)42-34(40)28-19-17-26(22-30(28)25-14-11-12-15-25)33-29-20-18-27(23-31(29)37-24-38-33)41-21-13-9-7-5-4-6-8-10-16-32(36)39/h17-20,22-25H,4-16,21H2,1-3H3,(H2,36,39). The van der Waals surface area contributed by atoms with Gasteiger partial charge in [0.25, 0.3) is 0 Å². The molecule has 7 heteroatoms. The summed E-state index contributed by atoms with van der Waals surface area (Å²) in [6.07, 6.45) is 15.6. The number of carbonyl (C=O) groups is 2. The predicted molar refractivity (Wildman–Crippen MR) is 168 cm³/mol. The van der Waals surface area contributed by atoms with E-state index in [1.807, 2.05) is 51.1 Å². The molecule has 1 saturated carbocycles. The molecular weight excluding hydrogens is 526 g/mol. The van der Waals surface area contributed by atoms with Gasteiger partial charge in [0.1, 0.15) is 17.7 Å². The molecule has 1 fully saturated rings. The van der Waals surface area contributed by atoms with Gasteiger partial charge in [-0.2, -0.15) is 0 Å². The minimum atomic E-state index is -0.542. The monoisotopic (exact) mass is 573 g/mol. The number of rotatable bonds is 15. The van der Waals surface area contributed by atoms with Crippen molar-refractivity contribution in [1.82, 2.24) is 9.97 Å².